The minimum absolute atomic E-state index is 0.0332. The largest absolute Gasteiger partial charge is 0.324 e. The van der Waals surface area contributed by atoms with Crippen molar-refractivity contribution < 1.29 is 18.0 Å². The molecule has 2 amide bonds. The second-order valence-corrected chi connectivity index (χ2v) is 10.1. The van der Waals surface area contributed by atoms with Crippen molar-refractivity contribution in [3.63, 3.8) is 0 Å². The first-order chi connectivity index (χ1) is 15.3. The lowest BCUT2D eigenvalue weighted by Crippen LogP contribution is -2.38. The Morgan fingerprint density at radius 1 is 1.06 bits per heavy atom. The normalized spacial score (nSPS) is 17.4. The number of nitrogens with zero attached hydrogens (tertiary/aromatic N) is 1. The summed E-state index contributed by atoms with van der Waals surface area (Å²) in [5.41, 5.74) is 2.11. The van der Waals surface area contributed by atoms with Crippen LogP contribution in [-0.2, 0) is 19.4 Å². The van der Waals surface area contributed by atoms with Gasteiger partial charge in [-0.2, -0.15) is 0 Å². The van der Waals surface area contributed by atoms with E-state index in [9.17, 15) is 18.0 Å². The molecule has 8 heteroatoms. The highest BCUT2D eigenvalue weighted by molar-refractivity contribution is 7.92. The number of hydrogen-bond donors (Lipinski definition) is 1. The molecule has 1 aliphatic rings. The van der Waals surface area contributed by atoms with Crippen LogP contribution in [0.5, 0.6) is 0 Å². The summed E-state index contributed by atoms with van der Waals surface area (Å²) >= 11 is 6.12. The summed E-state index contributed by atoms with van der Waals surface area (Å²) in [5.74, 6) is -0.895. The number of sulfone groups is 1. The molecule has 1 N–H and O–H groups in total. The van der Waals surface area contributed by atoms with Gasteiger partial charge in [0.2, 0.25) is 11.8 Å². The molecule has 0 saturated heterocycles. The lowest BCUT2D eigenvalue weighted by molar-refractivity contribution is -0.121. The summed E-state index contributed by atoms with van der Waals surface area (Å²) in [4.78, 5) is 27.2. The minimum Gasteiger partial charge on any atom is -0.324 e. The zero-order valence-corrected chi connectivity index (χ0v) is 18.9. The highest BCUT2D eigenvalue weighted by atomic mass is 35.5. The highest BCUT2D eigenvalue weighted by Gasteiger charge is 2.39. The molecule has 0 radical (unpaired) electrons. The van der Waals surface area contributed by atoms with Gasteiger partial charge in [0.1, 0.15) is 6.54 Å². The molecule has 1 unspecified atom stereocenters. The molecule has 0 aliphatic carbocycles. The molecular formula is C24H21ClN2O4S. The van der Waals surface area contributed by atoms with E-state index in [2.05, 4.69) is 5.32 Å². The molecule has 1 atom stereocenters. The molecule has 0 saturated carbocycles. The SMILES string of the molecule is Cc1ccc(NC(=O)CN2C(=O)CC(c3ccccc3)S(=O)(=O)c3ccccc32)cc1Cl. The number of nitrogens with one attached hydrogen (secondary N) is 1. The lowest BCUT2D eigenvalue weighted by atomic mass is 10.1. The average molecular weight is 469 g/mol. The van der Waals surface area contributed by atoms with Crippen LogP contribution in [-0.4, -0.2) is 26.8 Å². The van der Waals surface area contributed by atoms with Gasteiger partial charge in [0.25, 0.3) is 0 Å². The second kappa shape index (κ2) is 8.76. The molecule has 1 heterocycles. The first kappa shape index (κ1) is 22.0. The van der Waals surface area contributed by atoms with Crippen LogP contribution >= 0.6 is 11.6 Å². The molecule has 0 bridgehead atoms. The Hall–Kier alpha value is -3.16. The van der Waals surface area contributed by atoms with Crippen LogP contribution in [0.15, 0.2) is 77.7 Å². The number of fused-ring (bicyclic) bond motifs is 1. The molecule has 1 aliphatic heterocycles. The van der Waals surface area contributed by atoms with E-state index in [0.717, 1.165) is 5.56 Å². The molecule has 4 rings (SSSR count). The van der Waals surface area contributed by atoms with Gasteiger partial charge in [-0.15, -0.1) is 0 Å². The number of carbonyl (C=O) groups is 2. The van der Waals surface area contributed by atoms with Gasteiger partial charge in [0.15, 0.2) is 9.84 Å². The van der Waals surface area contributed by atoms with E-state index in [1.807, 2.05) is 6.92 Å². The third-order valence-electron chi connectivity index (χ3n) is 5.43. The Morgan fingerprint density at radius 3 is 2.47 bits per heavy atom. The number of anilines is 2. The fourth-order valence-electron chi connectivity index (χ4n) is 3.74. The van der Waals surface area contributed by atoms with Gasteiger partial charge >= 0.3 is 0 Å². The topological polar surface area (TPSA) is 83.6 Å². The lowest BCUT2D eigenvalue weighted by Gasteiger charge is -2.22. The molecule has 0 aromatic heterocycles. The number of amides is 2. The van der Waals surface area contributed by atoms with Gasteiger partial charge in [0.05, 0.1) is 15.8 Å². The van der Waals surface area contributed by atoms with Crippen molar-refractivity contribution in [1.29, 1.82) is 0 Å². The monoisotopic (exact) mass is 468 g/mol. The Labute approximate surface area is 191 Å². The molecule has 32 heavy (non-hydrogen) atoms. The quantitative estimate of drug-likeness (QED) is 0.609. The van der Waals surface area contributed by atoms with Crippen molar-refractivity contribution in [3.05, 3.63) is 88.9 Å². The molecule has 3 aromatic carbocycles. The molecule has 3 aromatic rings. The van der Waals surface area contributed by atoms with E-state index in [0.29, 0.717) is 16.3 Å². The van der Waals surface area contributed by atoms with Gasteiger partial charge in [0, 0.05) is 17.1 Å². The smallest absolute Gasteiger partial charge is 0.244 e. The molecule has 164 valence electrons. The van der Waals surface area contributed by atoms with Crippen LogP contribution < -0.4 is 10.2 Å². The van der Waals surface area contributed by atoms with Gasteiger partial charge in [-0.05, 0) is 42.3 Å². The fraction of sp³-hybridized carbons (Fsp3) is 0.167. The zero-order valence-electron chi connectivity index (χ0n) is 17.3. The number of hydrogen-bond acceptors (Lipinski definition) is 4. The summed E-state index contributed by atoms with van der Waals surface area (Å²) < 4.78 is 26.9. The summed E-state index contributed by atoms with van der Waals surface area (Å²) in [7, 11) is -3.85. The van der Waals surface area contributed by atoms with Crippen molar-refractivity contribution in [1.82, 2.24) is 0 Å². The average Bonchev–Trinajstić information content (AvgIpc) is 2.86. The zero-order chi connectivity index (χ0) is 22.9. The van der Waals surface area contributed by atoms with Crippen LogP contribution in [0.3, 0.4) is 0 Å². The third-order valence-corrected chi connectivity index (χ3v) is 7.98. The first-order valence-electron chi connectivity index (χ1n) is 10.0. The van der Waals surface area contributed by atoms with Gasteiger partial charge < -0.3 is 10.2 Å². The number of benzene rings is 3. The third kappa shape index (κ3) is 4.26. The maximum Gasteiger partial charge on any atom is 0.244 e. The molecular weight excluding hydrogens is 448 g/mol. The van der Waals surface area contributed by atoms with E-state index in [-0.39, 0.29) is 23.5 Å². The number of carbonyl (C=O) groups excluding carboxylic acids is 2. The molecule has 0 fully saturated rings. The van der Waals surface area contributed by atoms with E-state index in [4.69, 9.17) is 11.6 Å². The van der Waals surface area contributed by atoms with E-state index in [1.54, 1.807) is 66.7 Å². The predicted molar refractivity (Wildman–Crippen MR) is 125 cm³/mol. The van der Waals surface area contributed by atoms with Crippen molar-refractivity contribution in [2.75, 3.05) is 16.8 Å². The minimum atomic E-state index is -3.85. The van der Waals surface area contributed by atoms with Crippen LogP contribution in [0.4, 0.5) is 11.4 Å². The van der Waals surface area contributed by atoms with Gasteiger partial charge in [-0.1, -0.05) is 60.1 Å². The summed E-state index contributed by atoms with van der Waals surface area (Å²) in [5, 5.41) is 2.21. The van der Waals surface area contributed by atoms with Gasteiger partial charge in [-0.25, -0.2) is 8.42 Å². The number of para-hydroxylation sites is 1. The van der Waals surface area contributed by atoms with Crippen LogP contribution in [0.25, 0.3) is 0 Å². The maximum atomic E-state index is 13.5. The van der Waals surface area contributed by atoms with Gasteiger partial charge in [-0.3, -0.25) is 9.59 Å². The van der Waals surface area contributed by atoms with Crippen molar-refractivity contribution >= 4 is 44.6 Å². The Bertz CT molecular complexity index is 1290. The van der Waals surface area contributed by atoms with Crippen LogP contribution in [0.1, 0.15) is 22.8 Å². The Morgan fingerprint density at radius 2 is 1.75 bits per heavy atom. The van der Waals surface area contributed by atoms with E-state index >= 15 is 0 Å². The Kier molecular flexibility index (Phi) is 6.04. The number of rotatable bonds is 4. The summed E-state index contributed by atoms with van der Waals surface area (Å²) in [6.07, 6.45) is -0.259. The Balaban J connectivity index is 1.68. The standard InChI is InChI=1S/C24H21ClN2O4S/c1-16-11-12-18(13-19(16)25)26-23(28)15-27-20-9-5-6-10-21(20)32(30,31)22(14-24(27)29)17-7-3-2-4-8-17/h2-13,22H,14-15H2,1H3,(H,26,28). The number of aryl methyl sites for hydroxylation is 1. The fourth-order valence-corrected chi connectivity index (χ4v) is 5.84. The first-order valence-corrected chi connectivity index (χ1v) is 11.9. The van der Waals surface area contributed by atoms with Crippen LogP contribution in [0, 0.1) is 6.92 Å². The highest BCUT2D eigenvalue weighted by Crippen LogP contribution is 2.40. The summed E-state index contributed by atoms with van der Waals surface area (Å²) in [6, 6.07) is 20.1. The van der Waals surface area contributed by atoms with Crippen molar-refractivity contribution in [2.24, 2.45) is 0 Å². The maximum absolute atomic E-state index is 13.5. The molecule has 6 nitrogen and oxygen atoms in total. The predicted octanol–water partition coefficient (Wildman–Crippen LogP) is 4.54. The second-order valence-electron chi connectivity index (χ2n) is 7.61. The molecule has 0 spiro atoms. The summed E-state index contributed by atoms with van der Waals surface area (Å²) in [6.45, 7) is 1.53. The van der Waals surface area contributed by atoms with E-state index in [1.165, 1.54) is 11.0 Å². The van der Waals surface area contributed by atoms with Crippen LogP contribution in [0.2, 0.25) is 5.02 Å². The van der Waals surface area contributed by atoms with Crippen molar-refractivity contribution in [2.45, 2.75) is 23.5 Å². The van der Waals surface area contributed by atoms with E-state index < -0.39 is 26.9 Å². The van der Waals surface area contributed by atoms with Crippen molar-refractivity contribution in [3.8, 4) is 0 Å². The number of halogens is 1.